The van der Waals surface area contributed by atoms with E-state index in [9.17, 15) is 4.79 Å². The lowest BCUT2D eigenvalue weighted by Gasteiger charge is -2.27. The number of carbonyl (C=O) groups excluding carboxylic acids is 1. The van der Waals surface area contributed by atoms with Crippen molar-refractivity contribution in [3.63, 3.8) is 0 Å². The summed E-state index contributed by atoms with van der Waals surface area (Å²) in [6.45, 7) is 3.06. The number of amides is 1. The Hall–Kier alpha value is -2.03. The van der Waals surface area contributed by atoms with Crippen LogP contribution in [-0.4, -0.2) is 42.2 Å². The number of pyridine rings is 1. The van der Waals surface area contributed by atoms with Crippen LogP contribution < -0.4 is 4.74 Å². The molecule has 0 aromatic carbocycles. The van der Waals surface area contributed by atoms with Crippen LogP contribution in [-0.2, 0) is 0 Å². The van der Waals surface area contributed by atoms with Gasteiger partial charge in [0.2, 0.25) is 5.88 Å². The Morgan fingerprint density at radius 1 is 1.55 bits per heavy atom. The lowest BCUT2D eigenvalue weighted by molar-refractivity contribution is 0.0716. The van der Waals surface area contributed by atoms with E-state index in [1.165, 1.54) is 0 Å². The summed E-state index contributed by atoms with van der Waals surface area (Å²) in [7, 11) is 1.56. The zero-order valence-electron chi connectivity index (χ0n) is 13.0. The molecule has 5 nitrogen and oxygen atoms in total. The number of carbonyl (C=O) groups is 1. The third kappa shape index (κ3) is 2.45. The third-order valence-electron chi connectivity index (χ3n) is 5.13. The van der Waals surface area contributed by atoms with E-state index in [1.807, 2.05) is 4.90 Å². The quantitative estimate of drug-likeness (QED) is 0.802. The minimum atomic E-state index is 0.0462. The van der Waals surface area contributed by atoms with Crippen molar-refractivity contribution >= 4 is 12.6 Å². The molecule has 2 aliphatic rings. The number of hydrogen-bond acceptors (Lipinski definition) is 4. The van der Waals surface area contributed by atoms with E-state index in [-0.39, 0.29) is 18.7 Å². The highest BCUT2D eigenvalue weighted by atomic mass is 16.5. The van der Waals surface area contributed by atoms with E-state index in [1.54, 1.807) is 25.4 Å². The van der Waals surface area contributed by atoms with E-state index in [0.717, 1.165) is 25.6 Å². The van der Waals surface area contributed by atoms with E-state index < -0.39 is 0 Å². The third-order valence-corrected chi connectivity index (χ3v) is 5.13. The average molecular weight is 297 g/mol. The number of nitrogens with zero attached hydrogens (tertiary/aromatic N) is 3. The fourth-order valence-corrected chi connectivity index (χ4v) is 4.11. The Kier molecular flexibility index (Phi) is 4.06. The maximum Gasteiger partial charge on any atom is 0.268 e. The van der Waals surface area contributed by atoms with Crippen LogP contribution in [0.5, 0.6) is 5.88 Å². The second-order valence-corrected chi connectivity index (χ2v) is 6.24. The molecule has 22 heavy (non-hydrogen) atoms. The number of likely N-dealkylation sites (tertiary alicyclic amines) is 1. The molecule has 0 bridgehead atoms. The number of ether oxygens (including phenoxy) is 1. The highest BCUT2D eigenvalue weighted by molar-refractivity contribution is 6.67. The Balaban J connectivity index is 1.77. The highest BCUT2D eigenvalue weighted by Gasteiger charge is 2.49. The number of rotatable bonds is 3. The van der Waals surface area contributed by atoms with Crippen molar-refractivity contribution < 1.29 is 9.53 Å². The van der Waals surface area contributed by atoms with Gasteiger partial charge in [-0.15, -0.1) is 0 Å². The topological polar surface area (TPSA) is 66.2 Å². The van der Waals surface area contributed by atoms with Gasteiger partial charge in [-0.05, 0) is 24.3 Å². The van der Waals surface area contributed by atoms with Crippen LogP contribution in [0.1, 0.15) is 23.7 Å². The van der Waals surface area contributed by atoms with E-state index in [4.69, 9.17) is 10.00 Å². The van der Waals surface area contributed by atoms with Gasteiger partial charge in [0.15, 0.2) is 0 Å². The summed E-state index contributed by atoms with van der Waals surface area (Å²) in [5.74, 6) is 3.91. The molecule has 0 aliphatic carbocycles. The van der Waals surface area contributed by atoms with Crippen molar-refractivity contribution in [3.8, 4) is 11.8 Å². The molecule has 114 valence electrons. The maximum absolute atomic E-state index is 12.8. The molecule has 6 heteroatoms. The van der Waals surface area contributed by atoms with Gasteiger partial charge >= 0.3 is 0 Å². The molecule has 0 spiro atoms. The molecule has 1 aromatic rings. The maximum atomic E-state index is 12.8. The molecule has 3 atom stereocenters. The smallest absolute Gasteiger partial charge is 0.268 e. The summed E-state index contributed by atoms with van der Waals surface area (Å²) in [6.07, 6.45) is 4.39. The van der Waals surface area contributed by atoms with E-state index in [0.29, 0.717) is 23.3 Å². The normalized spacial score (nSPS) is 26.7. The molecule has 3 rings (SSSR count). The summed E-state index contributed by atoms with van der Waals surface area (Å²) in [5, 5.41) is 9.13. The van der Waals surface area contributed by atoms with Gasteiger partial charge in [0.05, 0.1) is 12.7 Å². The Bertz CT molecular complexity index is 598. The predicted molar refractivity (Wildman–Crippen MR) is 83.9 cm³/mol. The first-order chi connectivity index (χ1) is 10.7. The van der Waals surface area contributed by atoms with Crippen LogP contribution >= 0.6 is 0 Å². The second kappa shape index (κ2) is 6.00. The Morgan fingerprint density at radius 3 is 2.95 bits per heavy atom. The van der Waals surface area contributed by atoms with Gasteiger partial charge in [-0.2, -0.15) is 0 Å². The van der Waals surface area contributed by atoms with Gasteiger partial charge in [-0.1, -0.05) is 19.6 Å². The van der Waals surface area contributed by atoms with Crippen molar-refractivity contribution in [1.82, 2.24) is 9.88 Å². The van der Waals surface area contributed by atoms with Gasteiger partial charge in [-0.3, -0.25) is 4.79 Å². The Morgan fingerprint density at radius 2 is 2.36 bits per heavy atom. The molecule has 2 fully saturated rings. The molecule has 2 saturated heterocycles. The van der Waals surface area contributed by atoms with E-state index in [2.05, 4.69) is 17.9 Å². The summed E-state index contributed by atoms with van der Waals surface area (Å²) in [5.41, 5.74) is 0.607. The number of aromatic nitrogens is 1. The van der Waals surface area contributed by atoms with Crippen LogP contribution in [0.3, 0.4) is 0 Å². The van der Waals surface area contributed by atoms with E-state index >= 15 is 0 Å². The minimum Gasteiger partial charge on any atom is -0.481 e. The molecule has 1 unspecified atom stereocenters. The molecule has 0 N–H and O–H groups in total. The first-order valence-electron chi connectivity index (χ1n) is 7.88. The molecule has 0 saturated carbocycles. The second-order valence-electron chi connectivity index (χ2n) is 6.24. The van der Waals surface area contributed by atoms with Gasteiger partial charge in [0, 0.05) is 30.8 Å². The summed E-state index contributed by atoms with van der Waals surface area (Å²) in [4.78, 5) is 18.9. The summed E-state index contributed by atoms with van der Waals surface area (Å²) < 4.78 is 5.03. The van der Waals surface area contributed by atoms with Crippen molar-refractivity contribution in [1.29, 1.82) is 5.26 Å². The van der Waals surface area contributed by atoms with Crippen molar-refractivity contribution in [3.05, 3.63) is 23.9 Å². The van der Waals surface area contributed by atoms with Gasteiger partial charge < -0.3 is 9.64 Å². The number of hydrogen-bond donors (Lipinski definition) is 0. The van der Waals surface area contributed by atoms with Gasteiger partial charge in [0.25, 0.3) is 12.6 Å². The number of fused-ring (bicyclic) bond motifs is 1. The first-order valence-corrected chi connectivity index (χ1v) is 7.88. The minimum absolute atomic E-state index is 0.0462. The molecule has 3 heterocycles. The predicted octanol–water partition coefficient (Wildman–Crippen LogP) is 2.13. The lowest BCUT2D eigenvalue weighted by Crippen LogP contribution is -2.38. The van der Waals surface area contributed by atoms with Crippen molar-refractivity contribution in [2.45, 2.75) is 32.0 Å². The van der Waals surface area contributed by atoms with Crippen LogP contribution in [0.2, 0.25) is 12.6 Å². The number of nitriles is 1. The standard InChI is InChI=1S/C16H20BN3O2/c1-3-14-13-7-17(10-18)6-12(13)9-20(14)16(21)11-4-5-15(22-2)19-8-11/h4-5,8,12-14H,3,6-7,9H2,1-2H3/t12-,13-,14?/m1/s1. The SMILES string of the molecule is CCC1[C@@H]2CB(C#N)C[C@@H]2CN1C(=O)c1ccc(OC)nc1. The van der Waals surface area contributed by atoms with Crippen molar-refractivity contribution in [2.75, 3.05) is 13.7 Å². The van der Waals surface area contributed by atoms with Crippen LogP contribution in [0, 0.1) is 23.1 Å². The van der Waals surface area contributed by atoms with Gasteiger partial charge in [0.1, 0.15) is 0 Å². The number of methoxy groups -OCH3 is 1. The highest BCUT2D eigenvalue weighted by Crippen LogP contribution is 2.44. The largest absolute Gasteiger partial charge is 0.481 e. The lowest BCUT2D eigenvalue weighted by atomic mass is 9.49. The first kappa shape index (κ1) is 14.9. The molecule has 1 amide bonds. The van der Waals surface area contributed by atoms with Crippen LogP contribution in [0.4, 0.5) is 0 Å². The fourth-order valence-electron chi connectivity index (χ4n) is 4.11. The zero-order valence-corrected chi connectivity index (χ0v) is 13.0. The van der Waals surface area contributed by atoms with Gasteiger partial charge in [-0.25, -0.2) is 10.2 Å². The molecular weight excluding hydrogens is 277 g/mol. The summed E-state index contributed by atoms with van der Waals surface area (Å²) in [6, 6.07) is 3.74. The average Bonchev–Trinajstić information content (AvgIpc) is 3.11. The molecular formula is C16H20BN3O2. The molecule has 2 aliphatic heterocycles. The fraction of sp³-hybridized carbons (Fsp3) is 0.562. The Labute approximate surface area is 131 Å². The molecule has 0 radical (unpaired) electrons. The monoisotopic (exact) mass is 297 g/mol. The van der Waals surface area contributed by atoms with Crippen molar-refractivity contribution in [2.24, 2.45) is 11.8 Å². The summed E-state index contributed by atoms with van der Waals surface area (Å²) >= 11 is 0. The zero-order chi connectivity index (χ0) is 15.7. The van der Waals surface area contributed by atoms with Crippen LogP contribution in [0.25, 0.3) is 0 Å². The van der Waals surface area contributed by atoms with Crippen LogP contribution in [0.15, 0.2) is 18.3 Å². The molecule has 1 aromatic heterocycles.